The number of fused-ring (bicyclic) bond motifs is 2. The Balaban J connectivity index is 1.47. The lowest BCUT2D eigenvalue weighted by Crippen LogP contribution is -2.59. The first-order valence-corrected chi connectivity index (χ1v) is 13.4. The van der Waals surface area contributed by atoms with E-state index < -0.39 is 0 Å². The van der Waals surface area contributed by atoms with Crippen LogP contribution in [0, 0.1) is 17.8 Å². The van der Waals surface area contributed by atoms with Crippen molar-refractivity contribution >= 4 is 21.5 Å². The Bertz CT molecular complexity index is 1320. The van der Waals surface area contributed by atoms with Crippen LogP contribution in [0.25, 0.3) is 21.5 Å². The fourth-order valence-corrected chi connectivity index (χ4v) is 8.07. The highest BCUT2D eigenvalue weighted by molar-refractivity contribution is 6.03. The van der Waals surface area contributed by atoms with Gasteiger partial charge in [0, 0.05) is 5.54 Å². The zero-order chi connectivity index (χ0) is 23.8. The van der Waals surface area contributed by atoms with Crippen molar-refractivity contribution < 1.29 is 0 Å². The Labute approximate surface area is 207 Å². The highest BCUT2D eigenvalue weighted by Crippen LogP contribution is 2.56. The van der Waals surface area contributed by atoms with E-state index in [9.17, 15) is 0 Å². The summed E-state index contributed by atoms with van der Waals surface area (Å²) in [6.45, 7) is 6.57. The zero-order valence-electron chi connectivity index (χ0n) is 21.0. The second kappa shape index (κ2) is 7.60. The van der Waals surface area contributed by atoms with E-state index in [0.29, 0.717) is 0 Å². The second-order valence-corrected chi connectivity index (χ2v) is 12.6. The van der Waals surface area contributed by atoms with Crippen LogP contribution in [0.2, 0.25) is 0 Å². The summed E-state index contributed by atoms with van der Waals surface area (Å²) in [6, 6.07) is 19.9. The van der Waals surface area contributed by atoms with Gasteiger partial charge in [0.15, 0.2) is 5.82 Å². The number of hydrogen-bond acceptors (Lipinski definition) is 4. The van der Waals surface area contributed by atoms with Gasteiger partial charge in [-0.25, -0.2) is 4.68 Å². The molecule has 4 saturated carbocycles. The summed E-state index contributed by atoms with van der Waals surface area (Å²) >= 11 is 0. The first-order valence-electron chi connectivity index (χ1n) is 13.4. The SMILES string of the molecule is CC(C)(C)n1nnnc1C(NC12CC3CC(CC(C3)C1)C2)c1c2ccccc2cc2ccccc12. The number of nitrogens with one attached hydrogen (secondary N) is 1. The number of hydrogen-bond donors (Lipinski definition) is 1. The molecule has 5 heteroatoms. The fraction of sp³-hybridized carbons (Fsp3) is 0.500. The van der Waals surface area contributed by atoms with E-state index >= 15 is 0 Å². The predicted octanol–water partition coefficient (Wildman–Crippen LogP) is 6.38. The third-order valence-electron chi connectivity index (χ3n) is 8.98. The van der Waals surface area contributed by atoms with Crippen molar-refractivity contribution in [3.05, 3.63) is 66.0 Å². The average molecular weight is 466 g/mol. The summed E-state index contributed by atoms with van der Waals surface area (Å²) in [5.41, 5.74) is 1.28. The molecule has 0 aliphatic heterocycles. The van der Waals surface area contributed by atoms with Crippen LogP contribution in [-0.4, -0.2) is 25.7 Å². The van der Waals surface area contributed by atoms with Crippen LogP contribution in [0.4, 0.5) is 0 Å². The maximum atomic E-state index is 4.71. The van der Waals surface area contributed by atoms with Crippen LogP contribution in [0.1, 0.15) is 76.7 Å². The van der Waals surface area contributed by atoms with Crippen molar-refractivity contribution in [3.63, 3.8) is 0 Å². The van der Waals surface area contributed by atoms with Gasteiger partial charge in [-0.05, 0) is 121 Å². The van der Waals surface area contributed by atoms with Gasteiger partial charge in [-0.15, -0.1) is 5.10 Å². The molecule has 1 unspecified atom stereocenters. The van der Waals surface area contributed by atoms with Gasteiger partial charge in [-0.2, -0.15) is 0 Å². The quantitative estimate of drug-likeness (QED) is 0.355. The van der Waals surface area contributed by atoms with Gasteiger partial charge in [0.1, 0.15) is 0 Å². The second-order valence-electron chi connectivity index (χ2n) is 12.6. The molecule has 1 heterocycles. The summed E-state index contributed by atoms with van der Waals surface area (Å²) in [7, 11) is 0. The minimum absolute atomic E-state index is 0.0727. The van der Waals surface area contributed by atoms with Crippen molar-refractivity contribution in [2.24, 2.45) is 17.8 Å². The maximum Gasteiger partial charge on any atom is 0.173 e. The van der Waals surface area contributed by atoms with E-state index in [4.69, 9.17) is 5.10 Å². The Kier molecular flexibility index (Phi) is 4.67. The standard InChI is InChI=1S/C30H35N5/c1-29(2,3)35-28(32-33-34-35)27(31-30-16-19-12-20(17-30)14-21(13-19)18-30)26-24-10-6-4-8-22(24)15-23-9-5-7-11-25(23)26/h4-11,15,19-21,27,31H,12-14,16-18H2,1-3H3. The molecule has 0 amide bonds. The predicted molar refractivity (Wildman–Crippen MR) is 140 cm³/mol. The third kappa shape index (κ3) is 3.50. The number of benzene rings is 3. The molecule has 4 aromatic rings. The minimum Gasteiger partial charge on any atom is -0.298 e. The van der Waals surface area contributed by atoms with E-state index in [1.165, 1.54) is 65.6 Å². The molecule has 1 aromatic heterocycles. The number of tetrazole rings is 1. The summed E-state index contributed by atoms with van der Waals surface area (Å²) in [5, 5.41) is 22.9. The van der Waals surface area contributed by atoms with Gasteiger partial charge in [-0.3, -0.25) is 5.32 Å². The zero-order valence-corrected chi connectivity index (χ0v) is 21.0. The molecule has 4 bridgehead atoms. The molecule has 1 N–H and O–H groups in total. The molecule has 35 heavy (non-hydrogen) atoms. The summed E-state index contributed by atoms with van der Waals surface area (Å²) < 4.78 is 2.04. The molecule has 4 aliphatic carbocycles. The Morgan fingerprint density at radius 2 is 1.40 bits per heavy atom. The van der Waals surface area contributed by atoms with E-state index in [-0.39, 0.29) is 17.1 Å². The summed E-state index contributed by atoms with van der Waals surface area (Å²) in [4.78, 5) is 0. The highest BCUT2D eigenvalue weighted by atomic mass is 15.6. The molecule has 1 atom stereocenters. The molecule has 0 radical (unpaired) electrons. The molecule has 3 aromatic carbocycles. The minimum atomic E-state index is -0.208. The Morgan fingerprint density at radius 3 is 1.94 bits per heavy atom. The maximum absolute atomic E-state index is 4.71. The lowest BCUT2D eigenvalue weighted by Gasteiger charge is -2.58. The molecule has 5 nitrogen and oxygen atoms in total. The fourth-order valence-electron chi connectivity index (χ4n) is 8.07. The van der Waals surface area contributed by atoms with Crippen molar-refractivity contribution in [1.82, 2.24) is 25.5 Å². The lowest BCUT2D eigenvalue weighted by molar-refractivity contribution is -0.0240. The Morgan fingerprint density at radius 1 is 0.857 bits per heavy atom. The normalized spacial score (nSPS) is 28.7. The van der Waals surface area contributed by atoms with Crippen molar-refractivity contribution in [2.75, 3.05) is 0 Å². The molecule has 0 saturated heterocycles. The van der Waals surface area contributed by atoms with Gasteiger partial charge in [-0.1, -0.05) is 48.5 Å². The smallest absolute Gasteiger partial charge is 0.173 e. The molecular weight excluding hydrogens is 430 g/mol. The van der Waals surface area contributed by atoms with E-state index in [0.717, 1.165) is 23.6 Å². The van der Waals surface area contributed by atoms with E-state index in [1.807, 2.05) is 4.68 Å². The van der Waals surface area contributed by atoms with Gasteiger partial charge in [0.25, 0.3) is 0 Å². The van der Waals surface area contributed by atoms with Crippen molar-refractivity contribution in [3.8, 4) is 0 Å². The Hall–Kier alpha value is -2.79. The van der Waals surface area contributed by atoms with Crippen LogP contribution in [0.5, 0.6) is 0 Å². The summed E-state index contributed by atoms with van der Waals surface area (Å²) in [6.07, 6.45) is 8.16. The van der Waals surface area contributed by atoms with Crippen LogP contribution in [0.15, 0.2) is 54.6 Å². The molecule has 4 aliphatic rings. The van der Waals surface area contributed by atoms with Crippen LogP contribution in [-0.2, 0) is 5.54 Å². The molecule has 4 fully saturated rings. The van der Waals surface area contributed by atoms with Gasteiger partial charge in [0.2, 0.25) is 0 Å². The first-order chi connectivity index (χ1) is 16.9. The van der Waals surface area contributed by atoms with Gasteiger partial charge < -0.3 is 0 Å². The number of rotatable bonds is 4. The van der Waals surface area contributed by atoms with E-state index in [1.54, 1.807) is 0 Å². The largest absolute Gasteiger partial charge is 0.298 e. The van der Waals surface area contributed by atoms with Gasteiger partial charge >= 0.3 is 0 Å². The molecule has 0 spiro atoms. The molecule has 180 valence electrons. The van der Waals surface area contributed by atoms with Crippen LogP contribution >= 0.6 is 0 Å². The van der Waals surface area contributed by atoms with Gasteiger partial charge in [0.05, 0.1) is 11.6 Å². The van der Waals surface area contributed by atoms with Crippen LogP contribution < -0.4 is 5.32 Å². The average Bonchev–Trinajstić information content (AvgIpc) is 3.31. The first kappa shape index (κ1) is 21.5. The molecule has 8 rings (SSSR count). The summed E-state index contributed by atoms with van der Waals surface area (Å²) in [5.74, 6) is 3.54. The van der Waals surface area contributed by atoms with Crippen molar-refractivity contribution in [1.29, 1.82) is 0 Å². The van der Waals surface area contributed by atoms with Crippen molar-refractivity contribution in [2.45, 2.75) is 76.4 Å². The number of nitrogens with zero attached hydrogens (tertiary/aromatic N) is 4. The topological polar surface area (TPSA) is 55.6 Å². The third-order valence-corrected chi connectivity index (χ3v) is 8.98. The highest BCUT2D eigenvalue weighted by Gasteiger charge is 2.52. The molecular formula is C30H35N5. The monoisotopic (exact) mass is 465 g/mol. The number of aromatic nitrogens is 4. The van der Waals surface area contributed by atoms with E-state index in [2.05, 4.69) is 91.1 Å². The van der Waals surface area contributed by atoms with Crippen LogP contribution in [0.3, 0.4) is 0 Å². The lowest BCUT2D eigenvalue weighted by atomic mass is 9.53.